The number of nitrogens with zero attached hydrogens (tertiary/aromatic N) is 1. The van der Waals surface area contributed by atoms with Gasteiger partial charge in [0.05, 0.1) is 11.5 Å². The van der Waals surface area contributed by atoms with Crippen molar-refractivity contribution >= 4 is 23.5 Å². The molecule has 1 aliphatic carbocycles. The Morgan fingerprint density at radius 2 is 1.68 bits per heavy atom. The van der Waals surface area contributed by atoms with Gasteiger partial charge in [-0.05, 0) is 56.2 Å². The Labute approximate surface area is 192 Å². The molecule has 1 aromatic carbocycles. The van der Waals surface area contributed by atoms with Gasteiger partial charge in [0.1, 0.15) is 11.9 Å². The number of amides is 1. The van der Waals surface area contributed by atoms with Crippen LogP contribution in [0.2, 0.25) is 0 Å². The first kappa shape index (κ1) is 25.7. The number of halogens is 4. The molecule has 2 aliphatic heterocycles. The van der Waals surface area contributed by atoms with Gasteiger partial charge in [0.2, 0.25) is 5.91 Å². The van der Waals surface area contributed by atoms with E-state index in [0.717, 1.165) is 5.56 Å². The number of piperidine rings is 1. The molecule has 1 aromatic rings. The number of aliphatic carboxylic acids is 2. The Morgan fingerprint density at radius 1 is 1.12 bits per heavy atom. The largest absolute Gasteiger partial charge is 0.490 e. The lowest BCUT2D eigenvalue weighted by Gasteiger charge is -2.49. The summed E-state index contributed by atoms with van der Waals surface area (Å²) in [6.45, 7) is 2.91. The minimum Gasteiger partial charge on any atom is -0.481 e. The number of benzene rings is 1. The highest BCUT2D eigenvalue weighted by Gasteiger charge is 2.51. The molecule has 0 bridgehead atoms. The van der Waals surface area contributed by atoms with Gasteiger partial charge in [-0.15, -0.1) is 0 Å². The molecule has 1 saturated heterocycles. The molecule has 2 fully saturated rings. The number of carboxylic acid groups (broad SMARTS) is 2. The molecule has 8 nitrogen and oxygen atoms in total. The number of aliphatic hydroxyl groups is 1. The van der Waals surface area contributed by atoms with Gasteiger partial charge >= 0.3 is 18.1 Å². The van der Waals surface area contributed by atoms with Crippen molar-refractivity contribution in [3.05, 3.63) is 29.1 Å². The number of hydrogen-bond acceptors (Lipinski definition) is 5. The molecule has 4 rings (SSSR count). The van der Waals surface area contributed by atoms with Gasteiger partial charge in [-0.1, -0.05) is 0 Å². The smallest absolute Gasteiger partial charge is 0.481 e. The van der Waals surface area contributed by atoms with Crippen molar-refractivity contribution in [2.75, 3.05) is 18.4 Å². The van der Waals surface area contributed by atoms with Crippen LogP contribution in [0.1, 0.15) is 36.8 Å². The van der Waals surface area contributed by atoms with Crippen LogP contribution in [0.25, 0.3) is 0 Å². The van der Waals surface area contributed by atoms with E-state index < -0.39 is 35.7 Å². The Bertz CT molecular complexity index is 969. The number of nitrogens with one attached hydrogen (secondary N) is 1. The van der Waals surface area contributed by atoms with Crippen molar-refractivity contribution in [2.45, 2.75) is 56.8 Å². The first-order valence-electron chi connectivity index (χ1n) is 10.8. The Hall–Kier alpha value is -2.89. The number of carbonyl (C=O) groups excluding carboxylic acids is 1. The second-order valence-electron chi connectivity index (χ2n) is 9.12. The first-order chi connectivity index (χ1) is 15.7. The topological polar surface area (TPSA) is 127 Å². The summed E-state index contributed by atoms with van der Waals surface area (Å²) in [4.78, 5) is 34.5. The molecule has 12 heteroatoms. The molecule has 0 aromatic heterocycles. The average Bonchev–Trinajstić information content (AvgIpc) is 3.15. The number of likely N-dealkylation sites (tertiary alicyclic amines) is 1. The monoisotopic (exact) mass is 490 g/mol. The minimum absolute atomic E-state index is 0.0333. The standard InChI is InChI=1S/C20H25FN2O4.C2HF3O2/c1-11-6-15(21)14-8-17(22-16(14)7-11)18(24)23-4-2-13(3-5-23)20(27)9-12(10-20)19(25)26;3-2(4,5)1(6)7/h6-7,12-13,17,22,27H,2-5,8-10H2,1H3,(H,25,26);(H,6,7). The van der Waals surface area contributed by atoms with Gasteiger partial charge in [-0.3, -0.25) is 9.59 Å². The highest BCUT2D eigenvalue weighted by atomic mass is 19.4. The molecule has 1 unspecified atom stereocenters. The van der Waals surface area contributed by atoms with Gasteiger partial charge in [0.25, 0.3) is 0 Å². The second kappa shape index (κ2) is 9.40. The summed E-state index contributed by atoms with van der Waals surface area (Å²) in [7, 11) is 0. The van der Waals surface area contributed by atoms with Crippen LogP contribution in [0.5, 0.6) is 0 Å². The predicted octanol–water partition coefficient (Wildman–Crippen LogP) is 2.57. The van der Waals surface area contributed by atoms with E-state index in [4.69, 9.17) is 15.0 Å². The summed E-state index contributed by atoms with van der Waals surface area (Å²) in [5.74, 6) is -4.33. The van der Waals surface area contributed by atoms with Crippen LogP contribution in [-0.2, 0) is 20.8 Å². The normalized spacial score (nSPS) is 26.5. The molecular weight excluding hydrogens is 464 g/mol. The zero-order chi connectivity index (χ0) is 25.4. The second-order valence-corrected chi connectivity index (χ2v) is 9.12. The number of fused-ring (bicyclic) bond motifs is 1. The molecule has 1 saturated carbocycles. The van der Waals surface area contributed by atoms with E-state index in [1.165, 1.54) is 6.07 Å². The minimum atomic E-state index is -5.08. The van der Waals surface area contributed by atoms with Crippen molar-refractivity contribution < 1.29 is 47.3 Å². The number of anilines is 1. The summed E-state index contributed by atoms with van der Waals surface area (Å²) in [6, 6.07) is 2.90. The van der Waals surface area contributed by atoms with Crippen LogP contribution >= 0.6 is 0 Å². The van der Waals surface area contributed by atoms with Crippen LogP contribution in [0, 0.1) is 24.6 Å². The van der Waals surface area contributed by atoms with E-state index in [2.05, 4.69) is 5.32 Å². The fourth-order valence-electron chi connectivity index (χ4n) is 4.86. The van der Waals surface area contributed by atoms with E-state index in [9.17, 15) is 32.3 Å². The molecule has 4 N–H and O–H groups in total. The first-order valence-corrected chi connectivity index (χ1v) is 10.8. The molecule has 0 spiro atoms. The molecule has 1 amide bonds. The fraction of sp³-hybridized carbons (Fsp3) is 0.591. The number of rotatable bonds is 3. The lowest BCUT2D eigenvalue weighted by molar-refractivity contribution is -0.192. The number of carbonyl (C=O) groups is 3. The summed E-state index contributed by atoms with van der Waals surface area (Å²) in [5.41, 5.74) is 1.18. The Morgan fingerprint density at radius 3 is 2.18 bits per heavy atom. The third-order valence-corrected chi connectivity index (χ3v) is 6.73. The van der Waals surface area contributed by atoms with Crippen molar-refractivity contribution in [1.82, 2.24) is 4.90 Å². The summed E-state index contributed by atoms with van der Waals surface area (Å²) in [5, 5.41) is 29.9. The fourth-order valence-corrected chi connectivity index (χ4v) is 4.86. The van der Waals surface area contributed by atoms with E-state index in [1.54, 1.807) is 4.90 Å². The molecule has 0 radical (unpaired) electrons. The van der Waals surface area contributed by atoms with E-state index in [0.29, 0.717) is 56.4 Å². The quantitative estimate of drug-likeness (QED) is 0.480. The van der Waals surface area contributed by atoms with Crippen molar-refractivity contribution in [2.24, 2.45) is 11.8 Å². The summed E-state index contributed by atoms with van der Waals surface area (Å²) < 4.78 is 45.8. The molecule has 2 heterocycles. The highest BCUT2D eigenvalue weighted by Crippen LogP contribution is 2.46. The maximum atomic E-state index is 14.1. The van der Waals surface area contributed by atoms with Crippen molar-refractivity contribution in [3.63, 3.8) is 0 Å². The van der Waals surface area contributed by atoms with Gasteiger partial charge in [-0.2, -0.15) is 13.2 Å². The average molecular weight is 490 g/mol. The zero-order valence-electron chi connectivity index (χ0n) is 18.4. The van der Waals surface area contributed by atoms with Crippen molar-refractivity contribution in [3.8, 4) is 0 Å². The lowest BCUT2D eigenvalue weighted by Crippen LogP contribution is -2.56. The van der Waals surface area contributed by atoms with Gasteiger partial charge in [0.15, 0.2) is 0 Å². The number of alkyl halides is 3. The molecule has 1 atom stereocenters. The summed E-state index contributed by atoms with van der Waals surface area (Å²) >= 11 is 0. The van der Waals surface area contributed by atoms with Crippen molar-refractivity contribution in [1.29, 1.82) is 0 Å². The molecule has 3 aliphatic rings. The lowest BCUT2D eigenvalue weighted by atomic mass is 9.62. The predicted molar refractivity (Wildman–Crippen MR) is 111 cm³/mol. The maximum Gasteiger partial charge on any atom is 0.490 e. The van der Waals surface area contributed by atoms with E-state index in [1.807, 2.05) is 13.0 Å². The van der Waals surface area contributed by atoms with Crippen LogP contribution in [0.15, 0.2) is 12.1 Å². The molecular formula is C22H26F4N2O6. The third kappa shape index (κ3) is 5.43. The number of hydrogen-bond donors (Lipinski definition) is 4. The number of aryl methyl sites for hydroxylation is 1. The van der Waals surface area contributed by atoms with E-state index >= 15 is 0 Å². The third-order valence-electron chi connectivity index (χ3n) is 6.73. The number of carboxylic acids is 2. The maximum absolute atomic E-state index is 14.1. The summed E-state index contributed by atoms with van der Waals surface area (Å²) in [6.07, 6.45) is -2.79. The Balaban J connectivity index is 0.000000406. The van der Waals surface area contributed by atoms with Gasteiger partial charge in [0, 0.05) is 30.8 Å². The SMILES string of the molecule is Cc1cc(F)c2c(c1)NC(C(=O)N1CCC(C3(O)CC(C(=O)O)C3)CC1)C2.O=C(O)C(F)(F)F. The Kier molecular flexibility index (Phi) is 7.11. The zero-order valence-corrected chi connectivity index (χ0v) is 18.4. The highest BCUT2D eigenvalue weighted by molar-refractivity contribution is 5.87. The van der Waals surface area contributed by atoms with Crippen LogP contribution in [0.4, 0.5) is 23.2 Å². The van der Waals surface area contributed by atoms with Crippen LogP contribution in [0.3, 0.4) is 0 Å². The van der Waals surface area contributed by atoms with Gasteiger partial charge in [-0.25, -0.2) is 9.18 Å². The molecule has 188 valence electrons. The van der Waals surface area contributed by atoms with Crippen LogP contribution < -0.4 is 5.32 Å². The van der Waals surface area contributed by atoms with Crippen LogP contribution in [-0.4, -0.2) is 69.0 Å². The molecule has 34 heavy (non-hydrogen) atoms. The van der Waals surface area contributed by atoms with E-state index in [-0.39, 0.29) is 17.6 Å². The van der Waals surface area contributed by atoms with Gasteiger partial charge < -0.3 is 25.5 Å².